The van der Waals surface area contributed by atoms with E-state index < -0.39 is 0 Å². The number of benzene rings is 7. The molecular formula is C68H50N2. The minimum atomic E-state index is 0.109. The molecule has 0 bridgehead atoms. The lowest BCUT2D eigenvalue weighted by molar-refractivity contribution is 0.735. The molecule has 0 saturated heterocycles. The first-order valence-corrected chi connectivity index (χ1v) is 25.6. The Bertz CT molecular complexity index is 3850. The Hall–Kier alpha value is -7.94. The lowest BCUT2D eigenvalue weighted by Gasteiger charge is -2.36. The van der Waals surface area contributed by atoms with Gasteiger partial charge in [0.1, 0.15) is 0 Å². The van der Waals surface area contributed by atoms with Gasteiger partial charge >= 0.3 is 0 Å². The first-order chi connectivity index (χ1) is 34.8. The molecular weight excluding hydrogens is 845 g/mol. The fraction of sp³-hybridized carbons (Fsp3) is 0.147. The van der Waals surface area contributed by atoms with Crippen molar-refractivity contribution in [2.24, 2.45) is 10.9 Å². The molecule has 2 unspecified atom stereocenters. The standard InChI is InChI=1S/C68H50N2/c1-3-18-41(19-4-1)61-58-40-56-48-33-32-44(45-23-9-11-26-49(45)59-30-13-15-36-69-59)38-55(48)51-28-17-29-53(63(51)56)65(58)62(42-20-5-2-6-21-42)68-57-39-43-22-7-8-24-46(43)64-52(34-35-54(66(57)64)67(61)68)47-25-10-12-27-50(47)60-31-14-16-37-70-60/h1-12,14,16-22,24-25,27-29,31,34-35,37-40,64,66H,13,15,23,26,30,32-33,36H2. The van der Waals surface area contributed by atoms with E-state index in [1.165, 1.54) is 151 Å². The molecule has 70 heavy (non-hydrogen) atoms. The van der Waals surface area contributed by atoms with Crippen LogP contribution in [-0.2, 0) is 0 Å². The minimum Gasteiger partial charge on any atom is -0.289 e. The Balaban J connectivity index is 1.03. The maximum Gasteiger partial charge on any atom is 0.0708 e. The molecule has 0 fully saturated rings. The van der Waals surface area contributed by atoms with Gasteiger partial charge in [0.05, 0.1) is 5.69 Å². The van der Waals surface area contributed by atoms with Gasteiger partial charge in [-0.25, -0.2) is 0 Å². The highest BCUT2D eigenvalue weighted by Gasteiger charge is 2.47. The molecule has 0 radical (unpaired) electrons. The second-order valence-corrected chi connectivity index (χ2v) is 20.2. The van der Waals surface area contributed by atoms with Crippen LogP contribution in [0.4, 0.5) is 0 Å². The van der Waals surface area contributed by atoms with Crippen LogP contribution in [0.1, 0.15) is 89.8 Å². The first kappa shape index (κ1) is 40.0. The van der Waals surface area contributed by atoms with E-state index in [2.05, 4.69) is 182 Å². The Labute approximate surface area is 409 Å². The molecule has 0 N–H and O–H groups in total. The van der Waals surface area contributed by atoms with Crippen LogP contribution in [0, 0.1) is 5.92 Å². The number of hydrogen-bond acceptors (Lipinski definition) is 2. The van der Waals surface area contributed by atoms with Crippen molar-refractivity contribution in [2.75, 3.05) is 6.54 Å². The summed E-state index contributed by atoms with van der Waals surface area (Å²) in [7, 11) is 0. The first-order valence-electron chi connectivity index (χ1n) is 25.6. The summed E-state index contributed by atoms with van der Waals surface area (Å²) in [5, 5.41) is 5.46. The monoisotopic (exact) mass is 894 g/mol. The van der Waals surface area contributed by atoms with Crippen molar-refractivity contribution in [1.29, 1.82) is 0 Å². The van der Waals surface area contributed by atoms with Gasteiger partial charge in [-0.1, -0.05) is 170 Å². The summed E-state index contributed by atoms with van der Waals surface area (Å²) in [6.07, 6.45) is 24.5. The normalized spacial score (nSPS) is 19.5. The van der Waals surface area contributed by atoms with E-state index in [1.54, 1.807) is 0 Å². The van der Waals surface area contributed by atoms with Crippen molar-refractivity contribution in [3.63, 3.8) is 0 Å². The van der Waals surface area contributed by atoms with Gasteiger partial charge in [-0.2, -0.15) is 0 Å². The molecule has 2 nitrogen and oxygen atoms in total. The SMILES string of the molecule is C1=CCC(C2=NCCCC2)=C(C2=CC3=C(CC2)c2cc4c(-c5ccccc5)c5c(c(-c6ccccc6)c4c4cccc3c24)C2=Cc3ccccc3C3C(c4ccccc4-c4ccccn4)=CC=C5C23)C1. The number of rotatable bonds is 6. The molecule has 2 heterocycles. The number of aromatic nitrogens is 1. The molecule has 6 aliphatic carbocycles. The average Bonchev–Trinajstić information content (AvgIpc) is 3.93. The van der Waals surface area contributed by atoms with Crippen molar-refractivity contribution in [1.82, 2.24) is 4.98 Å². The van der Waals surface area contributed by atoms with Gasteiger partial charge in [-0.15, -0.1) is 0 Å². The van der Waals surface area contributed by atoms with Crippen LogP contribution in [0.25, 0.3) is 89.0 Å². The maximum atomic E-state index is 5.11. The molecule has 7 aliphatic rings. The Morgan fingerprint density at radius 2 is 1.19 bits per heavy atom. The van der Waals surface area contributed by atoms with E-state index in [4.69, 9.17) is 9.98 Å². The maximum absolute atomic E-state index is 5.11. The lowest BCUT2D eigenvalue weighted by atomic mass is 9.66. The summed E-state index contributed by atoms with van der Waals surface area (Å²) in [5.41, 5.74) is 29.9. The highest BCUT2D eigenvalue weighted by molar-refractivity contribution is 6.31. The van der Waals surface area contributed by atoms with Gasteiger partial charge in [-0.3, -0.25) is 9.98 Å². The van der Waals surface area contributed by atoms with Crippen LogP contribution in [-0.4, -0.2) is 17.2 Å². The quantitative estimate of drug-likeness (QED) is 0.121. The number of aliphatic imine (C=N–C) groups is 1. The molecule has 332 valence electrons. The molecule has 0 amide bonds. The lowest BCUT2D eigenvalue weighted by Crippen LogP contribution is -2.21. The van der Waals surface area contributed by atoms with Gasteiger partial charge in [0.25, 0.3) is 0 Å². The second kappa shape index (κ2) is 15.8. The minimum absolute atomic E-state index is 0.109. The molecule has 2 heteroatoms. The van der Waals surface area contributed by atoms with Crippen molar-refractivity contribution in [3.05, 3.63) is 244 Å². The van der Waals surface area contributed by atoms with Crippen LogP contribution < -0.4 is 0 Å². The van der Waals surface area contributed by atoms with Crippen LogP contribution in [0.5, 0.6) is 0 Å². The van der Waals surface area contributed by atoms with Gasteiger partial charge in [-0.05, 0) is 190 Å². The third-order valence-electron chi connectivity index (χ3n) is 16.7. The van der Waals surface area contributed by atoms with Gasteiger partial charge < -0.3 is 0 Å². The van der Waals surface area contributed by atoms with Crippen LogP contribution in [0.2, 0.25) is 0 Å². The van der Waals surface area contributed by atoms with Gasteiger partial charge in [0.2, 0.25) is 0 Å². The van der Waals surface area contributed by atoms with E-state index in [-0.39, 0.29) is 11.8 Å². The van der Waals surface area contributed by atoms with E-state index in [9.17, 15) is 0 Å². The summed E-state index contributed by atoms with van der Waals surface area (Å²) in [6.45, 7) is 0.969. The van der Waals surface area contributed by atoms with E-state index in [0.29, 0.717) is 0 Å². The second-order valence-electron chi connectivity index (χ2n) is 20.2. The highest BCUT2D eigenvalue weighted by Crippen LogP contribution is 2.66. The van der Waals surface area contributed by atoms with Crippen molar-refractivity contribution in [3.8, 4) is 33.5 Å². The summed E-state index contributed by atoms with van der Waals surface area (Å²) >= 11 is 0. The summed E-state index contributed by atoms with van der Waals surface area (Å²) in [4.78, 5) is 10.0. The molecule has 1 aliphatic heterocycles. The Morgan fingerprint density at radius 1 is 0.457 bits per heavy atom. The van der Waals surface area contributed by atoms with Crippen molar-refractivity contribution >= 4 is 61.2 Å². The van der Waals surface area contributed by atoms with E-state index in [0.717, 1.165) is 44.3 Å². The predicted molar refractivity (Wildman–Crippen MR) is 294 cm³/mol. The number of fused-ring (bicyclic) bond motifs is 9. The molecule has 0 saturated carbocycles. The van der Waals surface area contributed by atoms with E-state index in [1.807, 2.05) is 12.3 Å². The van der Waals surface area contributed by atoms with Crippen molar-refractivity contribution in [2.45, 2.75) is 50.9 Å². The number of allylic oxidation sites excluding steroid dienone is 13. The zero-order valence-electron chi connectivity index (χ0n) is 39.2. The van der Waals surface area contributed by atoms with E-state index >= 15 is 0 Å². The molecule has 0 spiro atoms. The zero-order chi connectivity index (χ0) is 45.9. The predicted octanol–water partition coefficient (Wildman–Crippen LogP) is 17.4. The third-order valence-corrected chi connectivity index (χ3v) is 16.7. The number of hydrogen-bond donors (Lipinski definition) is 0. The summed E-state index contributed by atoms with van der Waals surface area (Å²) in [5.74, 6) is 0.236. The molecule has 2 atom stereocenters. The average molecular weight is 895 g/mol. The summed E-state index contributed by atoms with van der Waals surface area (Å²) in [6, 6.07) is 56.9. The number of pyridine rings is 1. The summed E-state index contributed by atoms with van der Waals surface area (Å²) < 4.78 is 0. The zero-order valence-corrected chi connectivity index (χ0v) is 39.2. The van der Waals surface area contributed by atoms with Gasteiger partial charge in [0.15, 0.2) is 0 Å². The molecule has 7 aromatic carbocycles. The topological polar surface area (TPSA) is 25.2 Å². The Morgan fingerprint density at radius 3 is 2.00 bits per heavy atom. The largest absolute Gasteiger partial charge is 0.289 e. The van der Waals surface area contributed by atoms with Crippen LogP contribution in [0.3, 0.4) is 0 Å². The van der Waals surface area contributed by atoms with Crippen LogP contribution in [0.15, 0.2) is 210 Å². The smallest absolute Gasteiger partial charge is 0.0708 e. The van der Waals surface area contributed by atoms with Crippen LogP contribution >= 0.6 is 0 Å². The number of nitrogens with zero attached hydrogens (tertiary/aromatic N) is 2. The fourth-order valence-electron chi connectivity index (χ4n) is 13.8. The fourth-order valence-corrected chi connectivity index (χ4v) is 13.8. The Kier molecular flexibility index (Phi) is 9.03. The third kappa shape index (κ3) is 5.86. The molecule has 15 rings (SSSR count). The molecule has 1 aromatic heterocycles. The van der Waals surface area contributed by atoms with Crippen molar-refractivity contribution < 1.29 is 0 Å². The highest BCUT2D eigenvalue weighted by atomic mass is 14.7. The van der Waals surface area contributed by atoms with Gasteiger partial charge in [0, 0.05) is 35.9 Å². The molecule has 8 aromatic rings.